The Morgan fingerprint density at radius 1 is 1.12 bits per heavy atom. The number of benzene rings is 1. The maximum atomic E-state index is 13.2. The van der Waals surface area contributed by atoms with E-state index in [1.165, 1.54) is 23.5 Å². The number of anilines is 1. The molecule has 6 heteroatoms. The average Bonchev–Trinajstić information content (AvgIpc) is 2.69. The van der Waals surface area contributed by atoms with Gasteiger partial charge < -0.3 is 5.32 Å². The first-order chi connectivity index (χ1) is 8.06. The summed E-state index contributed by atoms with van der Waals surface area (Å²) in [6.45, 7) is 0.593. The molecular formula is C11H7Cl3FNS. The number of hydrogen-bond acceptors (Lipinski definition) is 2. The summed E-state index contributed by atoms with van der Waals surface area (Å²) in [5, 5.41) is 3.11. The number of halogens is 4. The topological polar surface area (TPSA) is 12.0 Å². The molecule has 0 bridgehead atoms. The van der Waals surface area contributed by atoms with Crippen molar-refractivity contribution < 1.29 is 4.39 Å². The van der Waals surface area contributed by atoms with Crippen molar-refractivity contribution in [2.75, 3.05) is 5.32 Å². The standard InChI is InChI=1S/C11H7Cl3FNS/c12-8-3-6(4-9(13)11(8)15)16-5-7-1-2-10(14)17-7/h1-4,16H,5H2. The van der Waals surface area contributed by atoms with Gasteiger partial charge in [-0.05, 0) is 24.3 Å². The van der Waals surface area contributed by atoms with Crippen LogP contribution in [0.3, 0.4) is 0 Å². The summed E-state index contributed by atoms with van der Waals surface area (Å²) < 4.78 is 13.9. The molecule has 90 valence electrons. The molecule has 0 saturated heterocycles. The van der Waals surface area contributed by atoms with Gasteiger partial charge in [0.15, 0.2) is 5.82 Å². The van der Waals surface area contributed by atoms with Crippen LogP contribution in [0.25, 0.3) is 0 Å². The Morgan fingerprint density at radius 3 is 2.29 bits per heavy atom. The third kappa shape index (κ3) is 3.26. The molecule has 0 spiro atoms. The van der Waals surface area contributed by atoms with Crippen molar-refractivity contribution in [3.8, 4) is 0 Å². The summed E-state index contributed by atoms with van der Waals surface area (Å²) in [7, 11) is 0. The van der Waals surface area contributed by atoms with Crippen LogP contribution in [-0.4, -0.2) is 0 Å². The zero-order valence-corrected chi connectivity index (χ0v) is 11.5. The van der Waals surface area contributed by atoms with E-state index in [2.05, 4.69) is 5.32 Å². The normalized spacial score (nSPS) is 10.6. The van der Waals surface area contributed by atoms with Crippen molar-refractivity contribution in [1.82, 2.24) is 0 Å². The fraction of sp³-hybridized carbons (Fsp3) is 0.0909. The molecule has 0 amide bonds. The van der Waals surface area contributed by atoms with Crippen molar-refractivity contribution in [2.45, 2.75) is 6.54 Å². The van der Waals surface area contributed by atoms with Crippen LogP contribution >= 0.6 is 46.1 Å². The van der Waals surface area contributed by atoms with Crippen LogP contribution in [0.5, 0.6) is 0 Å². The van der Waals surface area contributed by atoms with Gasteiger partial charge >= 0.3 is 0 Å². The molecule has 0 fully saturated rings. The van der Waals surface area contributed by atoms with Gasteiger partial charge in [-0.15, -0.1) is 11.3 Å². The summed E-state index contributed by atoms with van der Waals surface area (Å²) in [5.41, 5.74) is 0.672. The monoisotopic (exact) mass is 309 g/mol. The molecule has 0 aliphatic rings. The third-order valence-corrected chi connectivity index (χ3v) is 3.86. The summed E-state index contributed by atoms with van der Waals surface area (Å²) in [6.07, 6.45) is 0. The average molecular weight is 311 g/mol. The van der Waals surface area contributed by atoms with Gasteiger partial charge in [-0.3, -0.25) is 0 Å². The van der Waals surface area contributed by atoms with E-state index in [0.29, 0.717) is 12.2 Å². The van der Waals surface area contributed by atoms with Crippen LogP contribution in [0, 0.1) is 5.82 Å². The Bertz CT molecular complexity index is 518. The third-order valence-electron chi connectivity index (χ3n) is 2.08. The highest BCUT2D eigenvalue weighted by Crippen LogP contribution is 2.28. The van der Waals surface area contributed by atoms with Crippen molar-refractivity contribution in [1.29, 1.82) is 0 Å². The molecule has 0 unspecified atom stereocenters. The molecule has 1 nitrogen and oxygen atoms in total. The van der Waals surface area contributed by atoms with Crippen molar-refractivity contribution in [3.05, 3.63) is 49.3 Å². The number of nitrogens with one attached hydrogen (secondary N) is 1. The first kappa shape index (κ1) is 13.0. The van der Waals surface area contributed by atoms with Crippen LogP contribution < -0.4 is 5.32 Å². The molecule has 0 saturated carbocycles. The summed E-state index contributed by atoms with van der Waals surface area (Å²) in [6, 6.07) is 6.75. The molecule has 1 aromatic carbocycles. The molecule has 2 rings (SSSR count). The second-order valence-electron chi connectivity index (χ2n) is 3.31. The highest BCUT2D eigenvalue weighted by molar-refractivity contribution is 7.16. The van der Waals surface area contributed by atoms with E-state index in [4.69, 9.17) is 34.8 Å². The summed E-state index contributed by atoms with van der Waals surface area (Å²) >= 11 is 18.7. The number of hydrogen-bond donors (Lipinski definition) is 1. The molecule has 1 heterocycles. The maximum Gasteiger partial charge on any atom is 0.160 e. The minimum absolute atomic E-state index is 0.00390. The van der Waals surface area contributed by atoms with Crippen LogP contribution in [0.1, 0.15) is 4.88 Å². The van der Waals surface area contributed by atoms with Crippen LogP contribution in [0.4, 0.5) is 10.1 Å². The minimum atomic E-state index is -0.599. The molecular weight excluding hydrogens is 304 g/mol. The quantitative estimate of drug-likeness (QED) is 0.742. The molecule has 2 aromatic rings. The predicted octanol–water partition coefficient (Wildman–Crippen LogP) is 5.46. The molecule has 17 heavy (non-hydrogen) atoms. The fourth-order valence-electron chi connectivity index (χ4n) is 1.29. The van der Waals surface area contributed by atoms with Crippen LogP contribution in [0.2, 0.25) is 14.4 Å². The van der Waals surface area contributed by atoms with Gasteiger partial charge in [-0.1, -0.05) is 34.8 Å². The molecule has 0 aliphatic carbocycles. The van der Waals surface area contributed by atoms with Crippen molar-refractivity contribution >= 4 is 51.8 Å². The Labute approximate surface area is 117 Å². The number of thiophene rings is 1. The maximum absolute atomic E-state index is 13.2. The van der Waals surface area contributed by atoms with E-state index < -0.39 is 5.82 Å². The van der Waals surface area contributed by atoms with Crippen LogP contribution in [-0.2, 0) is 6.54 Å². The SMILES string of the molecule is Fc1c(Cl)cc(NCc2ccc(Cl)s2)cc1Cl. The van der Waals surface area contributed by atoms with Crippen LogP contribution in [0.15, 0.2) is 24.3 Å². The molecule has 0 radical (unpaired) electrons. The zero-order chi connectivity index (χ0) is 12.4. The summed E-state index contributed by atoms with van der Waals surface area (Å²) in [4.78, 5) is 1.08. The van der Waals surface area contributed by atoms with E-state index in [1.807, 2.05) is 12.1 Å². The fourth-order valence-corrected chi connectivity index (χ4v) is 2.81. The second kappa shape index (κ2) is 5.44. The Kier molecular flexibility index (Phi) is 4.15. The van der Waals surface area contributed by atoms with Crippen molar-refractivity contribution in [2.24, 2.45) is 0 Å². The van der Waals surface area contributed by atoms with E-state index in [9.17, 15) is 4.39 Å². The van der Waals surface area contributed by atoms with Gasteiger partial charge in [0.1, 0.15) is 0 Å². The van der Waals surface area contributed by atoms with Gasteiger partial charge in [0.2, 0.25) is 0 Å². The lowest BCUT2D eigenvalue weighted by molar-refractivity contribution is 0.629. The second-order valence-corrected chi connectivity index (χ2v) is 5.93. The Hall–Kier alpha value is -0.480. The minimum Gasteiger partial charge on any atom is -0.380 e. The lowest BCUT2D eigenvalue weighted by Crippen LogP contribution is -1.97. The first-order valence-corrected chi connectivity index (χ1v) is 6.64. The Balaban J connectivity index is 2.09. The van der Waals surface area contributed by atoms with Gasteiger partial charge in [0.05, 0.1) is 14.4 Å². The van der Waals surface area contributed by atoms with E-state index in [1.54, 1.807) is 0 Å². The molecule has 1 N–H and O–H groups in total. The predicted molar refractivity (Wildman–Crippen MR) is 73.1 cm³/mol. The van der Waals surface area contributed by atoms with Gasteiger partial charge in [0.25, 0.3) is 0 Å². The van der Waals surface area contributed by atoms with E-state index in [-0.39, 0.29) is 10.0 Å². The molecule has 0 atom stereocenters. The number of rotatable bonds is 3. The molecule has 1 aromatic heterocycles. The smallest absolute Gasteiger partial charge is 0.160 e. The van der Waals surface area contributed by atoms with Gasteiger partial charge in [-0.25, -0.2) is 4.39 Å². The van der Waals surface area contributed by atoms with Gasteiger partial charge in [-0.2, -0.15) is 0 Å². The lowest BCUT2D eigenvalue weighted by atomic mass is 10.3. The molecule has 0 aliphatic heterocycles. The van der Waals surface area contributed by atoms with E-state index >= 15 is 0 Å². The van der Waals surface area contributed by atoms with Crippen molar-refractivity contribution in [3.63, 3.8) is 0 Å². The Morgan fingerprint density at radius 2 is 1.76 bits per heavy atom. The lowest BCUT2D eigenvalue weighted by Gasteiger charge is -2.07. The largest absolute Gasteiger partial charge is 0.380 e. The van der Waals surface area contributed by atoms with Gasteiger partial charge in [0, 0.05) is 17.1 Å². The highest BCUT2D eigenvalue weighted by Gasteiger charge is 2.07. The first-order valence-electron chi connectivity index (χ1n) is 4.69. The zero-order valence-electron chi connectivity index (χ0n) is 8.44. The van der Waals surface area contributed by atoms with E-state index in [0.717, 1.165) is 9.21 Å². The highest BCUT2D eigenvalue weighted by atomic mass is 35.5. The summed E-state index contributed by atoms with van der Waals surface area (Å²) in [5.74, 6) is -0.599.